The average molecular weight is 644 g/mol. The molecule has 2 nitrogen and oxygen atoms in total. The highest BCUT2D eigenvalue weighted by Gasteiger charge is 2.21. The van der Waals surface area contributed by atoms with E-state index < -0.39 is 0 Å². The summed E-state index contributed by atoms with van der Waals surface area (Å²) in [6.07, 6.45) is 0. The van der Waals surface area contributed by atoms with Gasteiger partial charge >= 0.3 is 0 Å². The van der Waals surface area contributed by atoms with E-state index in [-0.39, 0.29) is 0 Å². The average Bonchev–Trinajstić information content (AvgIpc) is 3.73. The molecule has 3 heteroatoms. The molecule has 0 saturated carbocycles. The number of nitrogens with zero attached hydrogens (tertiary/aromatic N) is 1. The molecule has 0 aliphatic rings. The van der Waals surface area contributed by atoms with Crippen LogP contribution < -0.4 is 4.90 Å². The minimum atomic E-state index is 0.898. The van der Waals surface area contributed by atoms with Crippen molar-refractivity contribution in [3.8, 4) is 22.3 Å². The molecule has 49 heavy (non-hydrogen) atoms. The third-order valence-electron chi connectivity index (χ3n) is 9.67. The first-order valence-electron chi connectivity index (χ1n) is 16.6. The fourth-order valence-electron chi connectivity index (χ4n) is 7.35. The van der Waals surface area contributed by atoms with E-state index in [1.807, 2.05) is 23.5 Å². The van der Waals surface area contributed by atoms with Crippen LogP contribution in [0.1, 0.15) is 0 Å². The molecular weight excluding hydrogens is 615 g/mol. The standard InChI is InChI=1S/C46H29NOS/c1-2-10-30(11-3-1)31-18-22-34(23-19-31)47(35-24-25-39-38-15-7-9-17-44(38)49-45(39)29-35)41-26-20-32-12-4-5-13-36(32)46(41)33-21-27-43-40(28-33)37-14-6-8-16-42(37)48-43/h1-29H. The van der Waals surface area contributed by atoms with Gasteiger partial charge in [-0.15, -0.1) is 11.3 Å². The van der Waals surface area contributed by atoms with E-state index in [9.17, 15) is 0 Å². The number of para-hydroxylation sites is 1. The highest BCUT2D eigenvalue weighted by atomic mass is 32.1. The topological polar surface area (TPSA) is 16.4 Å². The van der Waals surface area contributed by atoms with Crippen LogP contribution in [0.4, 0.5) is 17.1 Å². The minimum Gasteiger partial charge on any atom is -0.456 e. The predicted octanol–water partition coefficient (Wildman–Crippen LogP) is 13.9. The molecule has 0 fully saturated rings. The number of rotatable bonds is 5. The third kappa shape index (κ3) is 4.62. The Balaban J connectivity index is 1.24. The lowest BCUT2D eigenvalue weighted by Gasteiger charge is -2.29. The lowest BCUT2D eigenvalue weighted by atomic mass is 9.94. The van der Waals surface area contributed by atoms with Crippen LogP contribution in [-0.4, -0.2) is 0 Å². The second-order valence-electron chi connectivity index (χ2n) is 12.5. The Kier molecular flexibility index (Phi) is 6.39. The maximum absolute atomic E-state index is 6.25. The van der Waals surface area contributed by atoms with Crippen molar-refractivity contribution in [3.05, 3.63) is 176 Å². The molecule has 2 heterocycles. The number of hydrogen-bond acceptors (Lipinski definition) is 3. The van der Waals surface area contributed by atoms with E-state index in [1.165, 1.54) is 47.6 Å². The van der Waals surface area contributed by atoms with Gasteiger partial charge in [0.05, 0.1) is 5.69 Å². The second kappa shape index (κ2) is 11.2. The van der Waals surface area contributed by atoms with Crippen LogP contribution >= 0.6 is 11.3 Å². The van der Waals surface area contributed by atoms with E-state index in [4.69, 9.17) is 4.42 Å². The van der Waals surface area contributed by atoms with Gasteiger partial charge in [0.2, 0.25) is 0 Å². The second-order valence-corrected chi connectivity index (χ2v) is 13.6. The van der Waals surface area contributed by atoms with Crippen molar-refractivity contribution in [2.75, 3.05) is 4.90 Å². The van der Waals surface area contributed by atoms with Gasteiger partial charge in [-0.1, -0.05) is 121 Å². The largest absolute Gasteiger partial charge is 0.456 e. The van der Waals surface area contributed by atoms with Crippen molar-refractivity contribution >= 4 is 81.3 Å². The number of thiophene rings is 1. The molecule has 0 radical (unpaired) electrons. The summed E-state index contributed by atoms with van der Waals surface area (Å²) in [5.41, 5.74) is 9.90. The normalized spacial score (nSPS) is 11.7. The fraction of sp³-hybridized carbons (Fsp3) is 0. The van der Waals surface area contributed by atoms with Crippen LogP contribution in [0, 0.1) is 0 Å². The monoisotopic (exact) mass is 643 g/mol. The minimum absolute atomic E-state index is 0.898. The van der Waals surface area contributed by atoms with Crippen molar-refractivity contribution < 1.29 is 4.42 Å². The zero-order valence-corrected chi connectivity index (χ0v) is 27.3. The number of hydrogen-bond donors (Lipinski definition) is 0. The maximum atomic E-state index is 6.25. The van der Waals surface area contributed by atoms with Crippen LogP contribution in [0.15, 0.2) is 180 Å². The Labute approximate surface area is 287 Å². The van der Waals surface area contributed by atoms with E-state index in [0.29, 0.717) is 0 Å². The lowest BCUT2D eigenvalue weighted by molar-refractivity contribution is 0.669. The summed E-state index contributed by atoms with van der Waals surface area (Å²) < 4.78 is 8.83. The molecular formula is C46H29NOS. The smallest absolute Gasteiger partial charge is 0.135 e. The van der Waals surface area contributed by atoms with E-state index >= 15 is 0 Å². The van der Waals surface area contributed by atoms with Crippen LogP contribution in [0.3, 0.4) is 0 Å². The van der Waals surface area contributed by atoms with Crippen molar-refractivity contribution in [1.82, 2.24) is 0 Å². The van der Waals surface area contributed by atoms with Crippen molar-refractivity contribution in [1.29, 1.82) is 0 Å². The zero-order chi connectivity index (χ0) is 32.3. The highest BCUT2D eigenvalue weighted by molar-refractivity contribution is 7.25. The summed E-state index contributed by atoms with van der Waals surface area (Å²) in [5, 5.41) is 7.26. The SMILES string of the molecule is c1ccc(-c2ccc(N(c3ccc4c(c3)sc3ccccc34)c3ccc4ccccc4c3-c3ccc4oc5ccccc5c4c3)cc2)cc1. The zero-order valence-electron chi connectivity index (χ0n) is 26.5. The highest BCUT2D eigenvalue weighted by Crippen LogP contribution is 2.47. The first-order valence-corrected chi connectivity index (χ1v) is 17.4. The van der Waals surface area contributed by atoms with Gasteiger partial charge in [0.25, 0.3) is 0 Å². The molecule has 0 bridgehead atoms. The summed E-state index contributed by atoms with van der Waals surface area (Å²) >= 11 is 1.85. The Bertz CT molecular complexity index is 2830. The molecule has 8 aromatic carbocycles. The van der Waals surface area contributed by atoms with Crippen LogP contribution in [0.2, 0.25) is 0 Å². The van der Waals surface area contributed by atoms with Crippen molar-refractivity contribution in [3.63, 3.8) is 0 Å². The molecule has 0 amide bonds. The van der Waals surface area contributed by atoms with Crippen molar-refractivity contribution in [2.24, 2.45) is 0 Å². The Morgan fingerprint density at radius 1 is 0.388 bits per heavy atom. The fourth-order valence-corrected chi connectivity index (χ4v) is 8.48. The summed E-state index contributed by atoms with van der Waals surface area (Å²) in [6, 6.07) is 63.4. The predicted molar refractivity (Wildman–Crippen MR) is 210 cm³/mol. The van der Waals surface area contributed by atoms with Gasteiger partial charge in [-0.3, -0.25) is 0 Å². The molecule has 10 rings (SSSR count). The van der Waals surface area contributed by atoms with Gasteiger partial charge in [-0.05, 0) is 82.1 Å². The van der Waals surface area contributed by atoms with Gasteiger partial charge in [0, 0.05) is 47.9 Å². The first-order chi connectivity index (χ1) is 24.3. The molecule has 0 aliphatic carbocycles. The molecule has 0 aliphatic heterocycles. The van der Waals surface area contributed by atoms with Gasteiger partial charge in [-0.2, -0.15) is 0 Å². The third-order valence-corrected chi connectivity index (χ3v) is 10.8. The number of anilines is 3. The molecule has 230 valence electrons. The maximum Gasteiger partial charge on any atom is 0.135 e. The number of benzene rings is 8. The summed E-state index contributed by atoms with van der Waals surface area (Å²) in [5.74, 6) is 0. The summed E-state index contributed by atoms with van der Waals surface area (Å²) in [7, 11) is 0. The van der Waals surface area contributed by atoms with Crippen molar-refractivity contribution in [2.45, 2.75) is 0 Å². The van der Waals surface area contributed by atoms with Gasteiger partial charge in [-0.25, -0.2) is 0 Å². The molecule has 10 aromatic rings. The quantitative estimate of drug-likeness (QED) is 0.186. The first kappa shape index (κ1) is 27.9. The number of fused-ring (bicyclic) bond motifs is 7. The Morgan fingerprint density at radius 3 is 1.92 bits per heavy atom. The van der Waals surface area contributed by atoms with Gasteiger partial charge in [0.1, 0.15) is 11.2 Å². The lowest BCUT2D eigenvalue weighted by Crippen LogP contribution is -2.11. The molecule has 2 aromatic heterocycles. The van der Waals surface area contributed by atoms with Gasteiger partial charge in [0.15, 0.2) is 0 Å². The van der Waals surface area contributed by atoms with E-state index in [1.54, 1.807) is 0 Å². The molecule has 0 unspecified atom stereocenters. The Morgan fingerprint density at radius 2 is 1.04 bits per heavy atom. The molecule has 0 N–H and O–H groups in total. The van der Waals surface area contributed by atoms with Gasteiger partial charge < -0.3 is 9.32 Å². The van der Waals surface area contributed by atoms with E-state index in [0.717, 1.165) is 44.6 Å². The van der Waals surface area contributed by atoms with Crippen LogP contribution in [0.5, 0.6) is 0 Å². The Hall–Kier alpha value is -6.16. The van der Waals surface area contributed by atoms with Crippen LogP contribution in [0.25, 0.3) is 75.1 Å². The summed E-state index contributed by atoms with van der Waals surface area (Å²) in [6.45, 7) is 0. The molecule has 0 saturated heterocycles. The number of furan rings is 1. The van der Waals surface area contributed by atoms with E-state index in [2.05, 4.69) is 169 Å². The molecule has 0 spiro atoms. The molecule has 0 atom stereocenters. The van der Waals surface area contributed by atoms with Crippen LogP contribution in [-0.2, 0) is 0 Å². The summed E-state index contributed by atoms with van der Waals surface area (Å²) in [4.78, 5) is 2.43.